The summed E-state index contributed by atoms with van der Waals surface area (Å²) in [5.41, 5.74) is 2.57. The average molecular weight is 281 g/mol. The summed E-state index contributed by atoms with van der Waals surface area (Å²) in [6, 6.07) is 17.5. The summed E-state index contributed by atoms with van der Waals surface area (Å²) in [5.74, 6) is -0.0748. The van der Waals surface area contributed by atoms with Crippen LogP contribution in [0.15, 0.2) is 54.6 Å². The molecular weight excluding hydrogens is 262 g/mol. The van der Waals surface area contributed by atoms with Gasteiger partial charge in [-0.1, -0.05) is 48.5 Å². The summed E-state index contributed by atoms with van der Waals surface area (Å²) < 4.78 is 0. The van der Waals surface area contributed by atoms with E-state index in [9.17, 15) is 9.90 Å². The number of amides is 1. The maximum absolute atomic E-state index is 12.4. The van der Waals surface area contributed by atoms with Crippen molar-refractivity contribution in [2.45, 2.75) is 12.8 Å². The van der Waals surface area contributed by atoms with Crippen LogP contribution >= 0.6 is 0 Å². The Morgan fingerprint density at radius 3 is 2.38 bits per heavy atom. The lowest BCUT2D eigenvalue weighted by Gasteiger charge is -2.14. The highest BCUT2D eigenvalue weighted by Crippen LogP contribution is 2.44. The van der Waals surface area contributed by atoms with Crippen molar-refractivity contribution in [1.82, 2.24) is 5.32 Å². The molecule has 0 spiro atoms. The monoisotopic (exact) mass is 281 g/mol. The summed E-state index contributed by atoms with van der Waals surface area (Å²) in [6.45, 7) is 0.694. The van der Waals surface area contributed by atoms with Crippen LogP contribution < -0.4 is 5.32 Å². The number of carbonyl (C=O) groups excluding carboxylic acids is 1. The van der Waals surface area contributed by atoms with Gasteiger partial charge in [-0.05, 0) is 30.0 Å². The van der Waals surface area contributed by atoms with Gasteiger partial charge in [-0.25, -0.2) is 0 Å². The van der Waals surface area contributed by atoms with Crippen LogP contribution in [-0.2, 0) is 0 Å². The zero-order valence-corrected chi connectivity index (χ0v) is 11.9. The van der Waals surface area contributed by atoms with E-state index in [2.05, 4.69) is 5.32 Å². The Morgan fingerprint density at radius 2 is 1.71 bits per heavy atom. The van der Waals surface area contributed by atoms with Gasteiger partial charge in [0.05, 0.1) is 6.61 Å². The third kappa shape index (κ3) is 2.98. The Morgan fingerprint density at radius 1 is 1.05 bits per heavy atom. The highest BCUT2D eigenvalue weighted by Gasteiger charge is 2.42. The number of hydrogen-bond donors (Lipinski definition) is 2. The van der Waals surface area contributed by atoms with Gasteiger partial charge in [0, 0.05) is 17.5 Å². The average Bonchev–Trinajstić information content (AvgIpc) is 3.34. The van der Waals surface area contributed by atoms with E-state index in [1.54, 1.807) is 0 Å². The van der Waals surface area contributed by atoms with Gasteiger partial charge >= 0.3 is 0 Å². The van der Waals surface area contributed by atoms with E-state index in [-0.39, 0.29) is 17.9 Å². The molecule has 0 atom stereocenters. The molecular formula is C18H19NO2. The fourth-order valence-electron chi connectivity index (χ4n) is 2.48. The van der Waals surface area contributed by atoms with Gasteiger partial charge in [0.25, 0.3) is 5.91 Å². The second kappa shape index (κ2) is 5.70. The molecule has 3 nitrogen and oxygen atoms in total. The molecule has 2 aromatic carbocycles. The predicted molar refractivity (Wildman–Crippen MR) is 83.0 cm³/mol. The minimum atomic E-state index is -0.0748. The SMILES string of the molecule is O=C(NCC1(CO)CC1)c1ccccc1-c1ccccc1. The maximum Gasteiger partial charge on any atom is 0.251 e. The van der Waals surface area contributed by atoms with Gasteiger partial charge in [-0.2, -0.15) is 0 Å². The zero-order chi connectivity index (χ0) is 14.7. The van der Waals surface area contributed by atoms with Crippen molar-refractivity contribution in [3.8, 4) is 11.1 Å². The summed E-state index contributed by atoms with van der Waals surface area (Å²) in [7, 11) is 0. The first kappa shape index (κ1) is 13.8. The number of benzene rings is 2. The van der Waals surface area contributed by atoms with Crippen molar-refractivity contribution in [1.29, 1.82) is 0 Å². The van der Waals surface area contributed by atoms with Crippen LogP contribution in [0.3, 0.4) is 0 Å². The molecule has 1 aliphatic carbocycles. The number of hydrogen-bond acceptors (Lipinski definition) is 2. The lowest BCUT2D eigenvalue weighted by atomic mass is 9.99. The van der Waals surface area contributed by atoms with Crippen LogP contribution in [0.2, 0.25) is 0 Å². The van der Waals surface area contributed by atoms with E-state index in [1.165, 1.54) is 0 Å². The van der Waals surface area contributed by atoms with Gasteiger partial charge in [-0.3, -0.25) is 4.79 Å². The quantitative estimate of drug-likeness (QED) is 0.885. The van der Waals surface area contributed by atoms with Crippen LogP contribution in [0.4, 0.5) is 0 Å². The Labute approximate surface area is 124 Å². The molecule has 21 heavy (non-hydrogen) atoms. The largest absolute Gasteiger partial charge is 0.396 e. The number of nitrogens with one attached hydrogen (secondary N) is 1. The van der Waals surface area contributed by atoms with E-state index in [1.807, 2.05) is 54.6 Å². The molecule has 0 unspecified atom stereocenters. The first-order valence-electron chi connectivity index (χ1n) is 7.28. The lowest BCUT2D eigenvalue weighted by Crippen LogP contribution is -2.32. The molecule has 2 aromatic rings. The van der Waals surface area contributed by atoms with E-state index in [0.29, 0.717) is 12.1 Å². The molecule has 1 amide bonds. The van der Waals surface area contributed by atoms with Crippen molar-refractivity contribution < 1.29 is 9.90 Å². The van der Waals surface area contributed by atoms with Gasteiger partial charge in [0.15, 0.2) is 0 Å². The number of aliphatic hydroxyl groups is 1. The molecule has 0 aliphatic heterocycles. The number of carbonyl (C=O) groups is 1. The minimum Gasteiger partial charge on any atom is -0.396 e. The Bertz CT molecular complexity index is 633. The number of rotatable bonds is 5. The van der Waals surface area contributed by atoms with Crippen LogP contribution in [0.25, 0.3) is 11.1 Å². The van der Waals surface area contributed by atoms with Gasteiger partial charge in [0.1, 0.15) is 0 Å². The molecule has 0 heterocycles. The summed E-state index contributed by atoms with van der Waals surface area (Å²) in [4.78, 5) is 12.4. The third-order valence-electron chi connectivity index (χ3n) is 4.17. The molecule has 2 N–H and O–H groups in total. The molecule has 0 bridgehead atoms. The highest BCUT2D eigenvalue weighted by atomic mass is 16.3. The van der Waals surface area contributed by atoms with Crippen molar-refractivity contribution in [2.24, 2.45) is 5.41 Å². The molecule has 1 aliphatic rings. The smallest absolute Gasteiger partial charge is 0.251 e. The summed E-state index contributed by atoms with van der Waals surface area (Å²) in [5, 5.41) is 12.3. The molecule has 0 saturated heterocycles. The van der Waals surface area contributed by atoms with E-state index < -0.39 is 0 Å². The summed E-state index contributed by atoms with van der Waals surface area (Å²) in [6.07, 6.45) is 1.98. The first-order valence-corrected chi connectivity index (χ1v) is 7.28. The standard InChI is InChI=1S/C18H19NO2/c20-13-18(10-11-18)12-19-17(21)16-9-5-4-8-15(16)14-6-2-1-3-7-14/h1-9,20H,10-13H2,(H,19,21). The molecule has 108 valence electrons. The molecule has 3 rings (SSSR count). The van der Waals surface area contributed by atoms with Crippen LogP contribution in [0, 0.1) is 5.41 Å². The zero-order valence-electron chi connectivity index (χ0n) is 11.9. The van der Waals surface area contributed by atoms with E-state index in [4.69, 9.17) is 0 Å². The third-order valence-corrected chi connectivity index (χ3v) is 4.17. The normalized spacial score (nSPS) is 15.5. The maximum atomic E-state index is 12.4. The van der Waals surface area contributed by atoms with Crippen molar-refractivity contribution >= 4 is 5.91 Å². The first-order chi connectivity index (χ1) is 10.2. The van der Waals surface area contributed by atoms with E-state index in [0.717, 1.165) is 24.0 Å². The molecule has 3 heteroatoms. The van der Waals surface area contributed by atoms with Crippen molar-refractivity contribution in [2.75, 3.05) is 13.2 Å². The molecule has 0 aromatic heterocycles. The van der Waals surface area contributed by atoms with Crippen LogP contribution in [0.1, 0.15) is 23.2 Å². The second-order valence-electron chi connectivity index (χ2n) is 5.75. The topological polar surface area (TPSA) is 49.3 Å². The molecule has 0 radical (unpaired) electrons. The number of aliphatic hydroxyl groups excluding tert-OH is 1. The Hall–Kier alpha value is -2.13. The molecule has 1 fully saturated rings. The van der Waals surface area contributed by atoms with E-state index >= 15 is 0 Å². The van der Waals surface area contributed by atoms with Gasteiger partial charge in [0.2, 0.25) is 0 Å². The Kier molecular flexibility index (Phi) is 3.76. The van der Waals surface area contributed by atoms with Gasteiger partial charge < -0.3 is 10.4 Å². The van der Waals surface area contributed by atoms with Gasteiger partial charge in [-0.15, -0.1) is 0 Å². The highest BCUT2D eigenvalue weighted by molar-refractivity contribution is 6.00. The van der Waals surface area contributed by atoms with Crippen molar-refractivity contribution in [3.05, 3.63) is 60.2 Å². The fourth-order valence-corrected chi connectivity index (χ4v) is 2.48. The Balaban J connectivity index is 1.80. The molecule has 1 saturated carbocycles. The van der Waals surface area contributed by atoms with Crippen molar-refractivity contribution in [3.63, 3.8) is 0 Å². The van der Waals surface area contributed by atoms with Crippen LogP contribution in [-0.4, -0.2) is 24.2 Å². The minimum absolute atomic E-state index is 0.0721. The predicted octanol–water partition coefficient (Wildman–Crippen LogP) is 2.86. The van der Waals surface area contributed by atoms with Crippen LogP contribution in [0.5, 0.6) is 0 Å². The fraction of sp³-hybridized carbons (Fsp3) is 0.278. The summed E-state index contributed by atoms with van der Waals surface area (Å²) >= 11 is 0. The second-order valence-corrected chi connectivity index (χ2v) is 5.75. The lowest BCUT2D eigenvalue weighted by molar-refractivity contribution is 0.0936.